The maximum Gasteiger partial charge on any atom is 0.0420 e. The van der Waals surface area contributed by atoms with Crippen LogP contribution in [0.2, 0.25) is 5.02 Å². The van der Waals surface area contributed by atoms with E-state index in [2.05, 4.69) is 58.5 Å². The summed E-state index contributed by atoms with van der Waals surface area (Å²) in [6.07, 6.45) is 0.949. The fraction of sp³-hybridized carbons (Fsp3) is 0.250. The van der Waals surface area contributed by atoms with Crippen molar-refractivity contribution in [1.82, 2.24) is 5.32 Å². The highest BCUT2D eigenvalue weighted by Gasteiger charge is 2.11. The Balaban J connectivity index is 2.24. The first kappa shape index (κ1) is 14.6. The molecule has 0 bridgehead atoms. The number of hydrogen-bond donors (Lipinski definition) is 1. The lowest BCUT2D eigenvalue weighted by molar-refractivity contribution is 0.591. The summed E-state index contributed by atoms with van der Waals surface area (Å²) in [5.41, 5.74) is 3.82. The monoisotopic (exact) mass is 337 g/mol. The maximum absolute atomic E-state index is 6.12. The van der Waals surface area contributed by atoms with Crippen LogP contribution in [0.15, 0.2) is 46.9 Å². The number of halogens is 2. The van der Waals surface area contributed by atoms with E-state index >= 15 is 0 Å². The third kappa shape index (κ3) is 4.07. The fourth-order valence-corrected chi connectivity index (χ4v) is 3.12. The Morgan fingerprint density at radius 1 is 1.21 bits per heavy atom. The quantitative estimate of drug-likeness (QED) is 0.835. The molecule has 0 saturated carbocycles. The Labute approximate surface area is 128 Å². The second kappa shape index (κ2) is 6.56. The smallest absolute Gasteiger partial charge is 0.0420 e. The standard InChI is InChI=1S/C16H17BrClN/c1-11-4-3-5-12(6-11)7-16(19-2)13-8-14(17)10-15(18)9-13/h3-6,8-10,16,19H,7H2,1-2H3. The van der Waals surface area contributed by atoms with Crippen molar-refractivity contribution in [3.05, 3.63) is 68.7 Å². The Morgan fingerprint density at radius 2 is 2.00 bits per heavy atom. The van der Waals surface area contributed by atoms with Crippen molar-refractivity contribution in [1.29, 1.82) is 0 Å². The first-order valence-electron chi connectivity index (χ1n) is 6.27. The lowest BCUT2D eigenvalue weighted by Crippen LogP contribution is -2.18. The zero-order chi connectivity index (χ0) is 13.8. The zero-order valence-corrected chi connectivity index (χ0v) is 13.4. The van der Waals surface area contributed by atoms with E-state index in [-0.39, 0.29) is 6.04 Å². The van der Waals surface area contributed by atoms with Crippen LogP contribution >= 0.6 is 27.5 Å². The van der Waals surface area contributed by atoms with Gasteiger partial charge in [0.1, 0.15) is 0 Å². The fourth-order valence-electron chi connectivity index (χ4n) is 2.24. The summed E-state index contributed by atoms with van der Waals surface area (Å²) in [4.78, 5) is 0. The van der Waals surface area contributed by atoms with Crippen LogP contribution in [0.4, 0.5) is 0 Å². The van der Waals surface area contributed by atoms with Crippen LogP contribution in [0, 0.1) is 6.92 Å². The van der Waals surface area contributed by atoms with Gasteiger partial charge in [-0.05, 0) is 49.7 Å². The Morgan fingerprint density at radius 3 is 2.63 bits per heavy atom. The van der Waals surface area contributed by atoms with E-state index in [1.165, 1.54) is 16.7 Å². The minimum absolute atomic E-state index is 0.261. The van der Waals surface area contributed by atoms with Gasteiger partial charge in [0.25, 0.3) is 0 Å². The van der Waals surface area contributed by atoms with Crippen molar-refractivity contribution in [3.63, 3.8) is 0 Å². The highest BCUT2D eigenvalue weighted by molar-refractivity contribution is 9.10. The van der Waals surface area contributed by atoms with E-state index in [4.69, 9.17) is 11.6 Å². The molecule has 0 aliphatic heterocycles. The number of aryl methyl sites for hydroxylation is 1. The van der Waals surface area contributed by atoms with Crippen molar-refractivity contribution in [3.8, 4) is 0 Å². The summed E-state index contributed by atoms with van der Waals surface area (Å²) in [6.45, 7) is 2.12. The third-order valence-electron chi connectivity index (χ3n) is 3.16. The van der Waals surface area contributed by atoms with Crippen LogP contribution in [-0.4, -0.2) is 7.05 Å². The van der Waals surface area contributed by atoms with Gasteiger partial charge in [0.05, 0.1) is 0 Å². The normalized spacial score (nSPS) is 12.4. The summed E-state index contributed by atoms with van der Waals surface area (Å²) in [5, 5.41) is 4.12. The molecule has 0 amide bonds. The van der Waals surface area contributed by atoms with Crippen molar-refractivity contribution < 1.29 is 0 Å². The number of rotatable bonds is 4. The molecule has 0 aliphatic carbocycles. The lowest BCUT2D eigenvalue weighted by Gasteiger charge is -2.18. The van der Waals surface area contributed by atoms with Gasteiger partial charge in [-0.3, -0.25) is 0 Å². The number of likely N-dealkylation sites (N-methyl/N-ethyl adjacent to an activating group) is 1. The van der Waals surface area contributed by atoms with Crippen LogP contribution in [0.25, 0.3) is 0 Å². The van der Waals surface area contributed by atoms with Crippen LogP contribution < -0.4 is 5.32 Å². The molecule has 1 unspecified atom stereocenters. The zero-order valence-electron chi connectivity index (χ0n) is 11.1. The molecule has 100 valence electrons. The Hall–Kier alpha value is -0.830. The second-order valence-electron chi connectivity index (χ2n) is 4.74. The van der Waals surface area contributed by atoms with E-state index in [0.717, 1.165) is 15.9 Å². The molecule has 0 saturated heterocycles. The van der Waals surface area contributed by atoms with Gasteiger partial charge in [0.15, 0.2) is 0 Å². The van der Waals surface area contributed by atoms with Gasteiger partial charge in [0, 0.05) is 15.5 Å². The van der Waals surface area contributed by atoms with Gasteiger partial charge in [-0.25, -0.2) is 0 Å². The van der Waals surface area contributed by atoms with Gasteiger partial charge < -0.3 is 5.32 Å². The van der Waals surface area contributed by atoms with E-state index < -0.39 is 0 Å². The van der Waals surface area contributed by atoms with Crippen molar-refractivity contribution in [2.75, 3.05) is 7.05 Å². The molecule has 0 radical (unpaired) electrons. The summed E-state index contributed by atoms with van der Waals surface area (Å²) in [6, 6.07) is 14.9. The van der Waals surface area contributed by atoms with Gasteiger partial charge in [-0.1, -0.05) is 57.4 Å². The van der Waals surface area contributed by atoms with Crippen LogP contribution in [0.5, 0.6) is 0 Å². The van der Waals surface area contributed by atoms with Crippen molar-refractivity contribution in [2.24, 2.45) is 0 Å². The molecule has 0 fully saturated rings. The molecule has 2 aromatic carbocycles. The molecular weight excluding hydrogens is 322 g/mol. The lowest BCUT2D eigenvalue weighted by atomic mass is 9.98. The average molecular weight is 339 g/mol. The van der Waals surface area contributed by atoms with E-state index in [0.29, 0.717) is 0 Å². The molecule has 19 heavy (non-hydrogen) atoms. The van der Waals surface area contributed by atoms with Crippen molar-refractivity contribution in [2.45, 2.75) is 19.4 Å². The Bertz CT molecular complexity index is 548. The summed E-state index contributed by atoms with van der Waals surface area (Å²) < 4.78 is 1.01. The molecule has 0 aliphatic rings. The predicted molar refractivity (Wildman–Crippen MR) is 85.8 cm³/mol. The third-order valence-corrected chi connectivity index (χ3v) is 3.83. The molecule has 1 nitrogen and oxygen atoms in total. The topological polar surface area (TPSA) is 12.0 Å². The Kier molecular flexibility index (Phi) is 5.03. The van der Waals surface area contributed by atoms with Gasteiger partial charge in [-0.2, -0.15) is 0 Å². The molecule has 0 aromatic heterocycles. The van der Waals surface area contributed by atoms with Crippen LogP contribution in [0.3, 0.4) is 0 Å². The molecule has 0 heterocycles. The van der Waals surface area contributed by atoms with Crippen LogP contribution in [-0.2, 0) is 6.42 Å². The highest BCUT2D eigenvalue weighted by atomic mass is 79.9. The molecule has 1 N–H and O–H groups in total. The van der Waals surface area contributed by atoms with Gasteiger partial charge in [0.2, 0.25) is 0 Å². The summed E-state index contributed by atoms with van der Waals surface area (Å²) in [5.74, 6) is 0. The summed E-state index contributed by atoms with van der Waals surface area (Å²) in [7, 11) is 1.98. The molecule has 2 aromatic rings. The number of nitrogens with one attached hydrogen (secondary N) is 1. The van der Waals surface area contributed by atoms with Crippen LogP contribution in [0.1, 0.15) is 22.7 Å². The molecule has 1 atom stereocenters. The molecule has 0 spiro atoms. The summed E-state index contributed by atoms with van der Waals surface area (Å²) >= 11 is 9.62. The molecule has 3 heteroatoms. The second-order valence-corrected chi connectivity index (χ2v) is 6.09. The highest BCUT2D eigenvalue weighted by Crippen LogP contribution is 2.26. The number of hydrogen-bond acceptors (Lipinski definition) is 1. The molecule has 2 rings (SSSR count). The van der Waals surface area contributed by atoms with E-state index in [1.54, 1.807) is 0 Å². The SMILES string of the molecule is CNC(Cc1cccc(C)c1)c1cc(Cl)cc(Br)c1. The molecular formula is C16H17BrClN. The largest absolute Gasteiger partial charge is 0.313 e. The van der Waals surface area contributed by atoms with E-state index in [1.807, 2.05) is 19.2 Å². The number of benzene rings is 2. The predicted octanol–water partition coefficient (Wildman–Crippen LogP) is 4.91. The first-order valence-corrected chi connectivity index (χ1v) is 7.44. The average Bonchev–Trinajstić information content (AvgIpc) is 2.34. The first-order chi connectivity index (χ1) is 9.08. The van der Waals surface area contributed by atoms with Crippen molar-refractivity contribution >= 4 is 27.5 Å². The minimum Gasteiger partial charge on any atom is -0.313 e. The van der Waals surface area contributed by atoms with E-state index in [9.17, 15) is 0 Å². The van der Waals surface area contributed by atoms with Gasteiger partial charge >= 0.3 is 0 Å². The maximum atomic E-state index is 6.12. The minimum atomic E-state index is 0.261. The van der Waals surface area contributed by atoms with Gasteiger partial charge in [-0.15, -0.1) is 0 Å².